The zero-order valence-electron chi connectivity index (χ0n) is 18.3. The number of aliphatic hydroxyl groups excluding tert-OH is 1. The first-order valence-corrected chi connectivity index (χ1v) is 10.4. The van der Waals surface area contributed by atoms with Crippen LogP contribution in [0.25, 0.3) is 0 Å². The van der Waals surface area contributed by atoms with Crippen LogP contribution in [0.15, 0.2) is 36.5 Å². The molecule has 32 heavy (non-hydrogen) atoms. The van der Waals surface area contributed by atoms with E-state index in [1.54, 1.807) is 23.2 Å². The van der Waals surface area contributed by atoms with E-state index in [0.29, 0.717) is 49.8 Å². The number of pyridine rings is 1. The van der Waals surface area contributed by atoms with E-state index in [0.717, 1.165) is 11.3 Å². The van der Waals surface area contributed by atoms with E-state index in [1.807, 2.05) is 25.1 Å². The number of urea groups is 1. The summed E-state index contributed by atoms with van der Waals surface area (Å²) >= 11 is 0. The minimum atomic E-state index is -0.423. The number of rotatable bonds is 7. The highest BCUT2D eigenvalue weighted by Gasteiger charge is 2.23. The van der Waals surface area contributed by atoms with E-state index in [2.05, 4.69) is 20.5 Å². The van der Waals surface area contributed by atoms with E-state index in [-0.39, 0.29) is 19.3 Å². The number of benzene rings is 1. The molecule has 1 aromatic heterocycles. The molecular weight excluding hydrogens is 414 g/mol. The van der Waals surface area contributed by atoms with Gasteiger partial charge in [0.2, 0.25) is 0 Å². The molecule has 3 rings (SSSR count). The number of piperazine rings is 1. The number of nitrogens with one attached hydrogen (secondary N) is 2. The van der Waals surface area contributed by atoms with Crippen molar-refractivity contribution in [2.24, 2.45) is 0 Å². The number of methoxy groups -OCH3 is 1. The molecule has 0 aliphatic carbocycles. The number of hydrogen-bond acceptors (Lipinski definition) is 7. The van der Waals surface area contributed by atoms with Gasteiger partial charge in [0.1, 0.15) is 12.4 Å². The zero-order chi connectivity index (χ0) is 22.9. The van der Waals surface area contributed by atoms with Gasteiger partial charge in [-0.2, -0.15) is 0 Å². The third-order valence-corrected chi connectivity index (χ3v) is 5.05. The van der Waals surface area contributed by atoms with Gasteiger partial charge in [-0.1, -0.05) is 12.1 Å². The normalized spacial score (nSPS) is 14.0. The van der Waals surface area contributed by atoms with Gasteiger partial charge in [-0.15, -0.1) is 0 Å². The highest BCUT2D eigenvalue weighted by molar-refractivity contribution is 6.00. The van der Waals surface area contributed by atoms with Crippen LogP contribution in [0.1, 0.15) is 11.3 Å². The number of anilines is 2. The second-order valence-electron chi connectivity index (χ2n) is 7.37. The molecule has 1 aliphatic heterocycles. The van der Waals surface area contributed by atoms with Gasteiger partial charge < -0.3 is 30.1 Å². The van der Waals surface area contributed by atoms with Crippen LogP contribution in [0.2, 0.25) is 0 Å². The summed E-state index contributed by atoms with van der Waals surface area (Å²) in [4.78, 5) is 32.2. The Morgan fingerprint density at radius 1 is 1.12 bits per heavy atom. The number of carbonyl (C=O) groups is 2. The van der Waals surface area contributed by atoms with Crippen molar-refractivity contribution >= 4 is 23.5 Å². The molecule has 10 heteroatoms. The highest BCUT2D eigenvalue weighted by Crippen LogP contribution is 2.30. The molecule has 2 heterocycles. The molecule has 1 aliphatic rings. The number of aryl methyl sites for hydroxylation is 1. The van der Waals surface area contributed by atoms with E-state index >= 15 is 0 Å². The number of carbonyl (C=O) groups excluding carboxylic acids is 2. The van der Waals surface area contributed by atoms with Crippen molar-refractivity contribution in [3.8, 4) is 5.75 Å². The molecule has 172 valence electrons. The van der Waals surface area contributed by atoms with E-state index < -0.39 is 6.03 Å². The van der Waals surface area contributed by atoms with Crippen LogP contribution in [0.4, 0.5) is 21.0 Å². The lowest BCUT2D eigenvalue weighted by atomic mass is 10.1. The molecule has 0 saturated carbocycles. The molecule has 0 atom stereocenters. The summed E-state index contributed by atoms with van der Waals surface area (Å²) in [6.07, 6.45) is 1.26. The van der Waals surface area contributed by atoms with Gasteiger partial charge in [0.25, 0.3) is 0 Å². The topological polar surface area (TPSA) is 116 Å². The number of para-hydroxylation sites is 1. The molecule has 10 nitrogen and oxygen atoms in total. The predicted octanol–water partition coefficient (Wildman–Crippen LogP) is 2.29. The first kappa shape index (κ1) is 23.3. The maximum atomic E-state index is 12.5. The number of aliphatic hydroxyl groups is 1. The molecule has 1 fully saturated rings. The van der Waals surface area contributed by atoms with Crippen molar-refractivity contribution in [1.82, 2.24) is 14.8 Å². The Balaban J connectivity index is 1.69. The van der Waals surface area contributed by atoms with Crippen molar-refractivity contribution < 1.29 is 24.2 Å². The number of amides is 3. The molecule has 3 amide bonds. The summed E-state index contributed by atoms with van der Waals surface area (Å²) in [5.41, 5.74) is 2.81. The van der Waals surface area contributed by atoms with E-state index in [4.69, 9.17) is 9.47 Å². The Labute approximate surface area is 187 Å². The molecule has 1 saturated heterocycles. The maximum absolute atomic E-state index is 12.5. The number of ether oxygens (including phenoxy) is 2. The van der Waals surface area contributed by atoms with Crippen LogP contribution < -0.4 is 15.4 Å². The van der Waals surface area contributed by atoms with Crippen LogP contribution in [-0.2, 0) is 11.3 Å². The fraction of sp³-hybridized carbons (Fsp3) is 0.409. The standard InChI is InChI=1S/C22H29N5O5/c1-16-6-7-18(14-23-16)24-21(29)25-19-5-3-4-17(20(19)32-13-12-28)15-26-8-10-27(11-9-26)22(30)31-2/h3-7,14,28H,8-13,15H2,1-2H3,(H2,24,25,29). The minimum Gasteiger partial charge on any atom is -0.489 e. The fourth-order valence-corrected chi connectivity index (χ4v) is 3.41. The molecular formula is C22H29N5O5. The van der Waals surface area contributed by atoms with Crippen molar-refractivity contribution in [3.63, 3.8) is 0 Å². The lowest BCUT2D eigenvalue weighted by Gasteiger charge is -2.34. The molecule has 0 unspecified atom stereocenters. The Morgan fingerprint density at radius 3 is 2.56 bits per heavy atom. The maximum Gasteiger partial charge on any atom is 0.409 e. The molecule has 3 N–H and O–H groups in total. The SMILES string of the molecule is COC(=O)N1CCN(Cc2cccc(NC(=O)Nc3ccc(C)nc3)c2OCCO)CC1. The lowest BCUT2D eigenvalue weighted by Crippen LogP contribution is -2.48. The zero-order valence-corrected chi connectivity index (χ0v) is 18.3. The van der Waals surface area contributed by atoms with E-state index in [1.165, 1.54) is 7.11 Å². The Kier molecular flexibility index (Phi) is 8.23. The molecule has 1 aromatic carbocycles. The average Bonchev–Trinajstić information content (AvgIpc) is 2.80. The summed E-state index contributed by atoms with van der Waals surface area (Å²) in [5, 5.41) is 14.8. The number of nitrogens with zero attached hydrogens (tertiary/aromatic N) is 3. The average molecular weight is 444 g/mol. The molecule has 2 aromatic rings. The van der Waals surface area contributed by atoms with E-state index in [9.17, 15) is 14.7 Å². The van der Waals surface area contributed by atoms with Crippen LogP contribution in [0.5, 0.6) is 5.75 Å². The van der Waals surface area contributed by atoms with Crippen molar-refractivity contribution in [2.45, 2.75) is 13.5 Å². The first-order valence-electron chi connectivity index (χ1n) is 10.4. The van der Waals surface area contributed by atoms with Gasteiger partial charge in [0, 0.05) is 44.0 Å². The van der Waals surface area contributed by atoms with Crippen LogP contribution in [-0.4, -0.2) is 78.5 Å². The van der Waals surface area contributed by atoms with Crippen molar-refractivity contribution in [1.29, 1.82) is 0 Å². The van der Waals surface area contributed by atoms with Gasteiger partial charge in [0.05, 0.1) is 31.3 Å². The van der Waals surface area contributed by atoms with Gasteiger partial charge in [-0.25, -0.2) is 9.59 Å². The largest absolute Gasteiger partial charge is 0.489 e. The first-order chi connectivity index (χ1) is 15.5. The Bertz CT molecular complexity index is 913. The van der Waals surface area contributed by atoms with Crippen LogP contribution in [0.3, 0.4) is 0 Å². The minimum absolute atomic E-state index is 0.102. The third-order valence-electron chi connectivity index (χ3n) is 5.05. The Hall–Kier alpha value is -3.37. The second kappa shape index (κ2) is 11.3. The summed E-state index contributed by atoms with van der Waals surface area (Å²) in [7, 11) is 1.38. The summed E-state index contributed by atoms with van der Waals surface area (Å²) in [6.45, 7) is 4.93. The van der Waals surface area contributed by atoms with Crippen molar-refractivity contribution in [2.75, 3.05) is 57.1 Å². The lowest BCUT2D eigenvalue weighted by molar-refractivity contribution is 0.0884. The summed E-state index contributed by atoms with van der Waals surface area (Å²) < 4.78 is 10.6. The fourth-order valence-electron chi connectivity index (χ4n) is 3.41. The monoisotopic (exact) mass is 443 g/mol. The highest BCUT2D eigenvalue weighted by atomic mass is 16.5. The quantitative estimate of drug-likeness (QED) is 0.601. The van der Waals surface area contributed by atoms with Crippen LogP contribution in [0, 0.1) is 6.92 Å². The second-order valence-corrected chi connectivity index (χ2v) is 7.37. The number of hydrogen-bond donors (Lipinski definition) is 3. The Morgan fingerprint density at radius 2 is 1.91 bits per heavy atom. The summed E-state index contributed by atoms with van der Waals surface area (Å²) in [6, 6.07) is 8.68. The van der Waals surface area contributed by atoms with Gasteiger partial charge in [-0.3, -0.25) is 9.88 Å². The summed E-state index contributed by atoms with van der Waals surface area (Å²) in [5.74, 6) is 0.508. The van der Waals surface area contributed by atoms with Crippen molar-refractivity contribution in [3.05, 3.63) is 47.8 Å². The van der Waals surface area contributed by atoms with Gasteiger partial charge in [-0.05, 0) is 25.1 Å². The smallest absolute Gasteiger partial charge is 0.409 e. The molecule has 0 radical (unpaired) electrons. The number of aromatic nitrogens is 1. The van der Waals surface area contributed by atoms with Gasteiger partial charge in [0.15, 0.2) is 0 Å². The molecule has 0 spiro atoms. The van der Waals surface area contributed by atoms with Gasteiger partial charge >= 0.3 is 12.1 Å². The molecule has 0 bridgehead atoms. The third kappa shape index (κ3) is 6.32. The van der Waals surface area contributed by atoms with Crippen LogP contribution >= 0.6 is 0 Å². The predicted molar refractivity (Wildman–Crippen MR) is 120 cm³/mol.